The average Bonchev–Trinajstić information content (AvgIpc) is 2.59. The molecule has 0 radical (unpaired) electrons. The van der Waals surface area contributed by atoms with Crippen LogP contribution in [-0.2, 0) is 4.79 Å². The number of halogens is 1. The molecule has 0 aliphatic heterocycles. The van der Waals surface area contributed by atoms with Gasteiger partial charge in [0.2, 0.25) is 5.91 Å². The fraction of sp³-hybridized carbons (Fsp3) is 0.182. The van der Waals surface area contributed by atoms with Crippen LogP contribution >= 0.6 is 0 Å². The minimum absolute atomic E-state index is 0.0737. The Morgan fingerprint density at radius 3 is 2.94 bits per heavy atom. The summed E-state index contributed by atoms with van der Waals surface area (Å²) in [6.45, 7) is 0. The number of amides is 1. The molecule has 2 rings (SSSR count). The molecule has 84 valence electrons. The number of carbonyl (C=O) groups excluding carboxylic acids is 1. The summed E-state index contributed by atoms with van der Waals surface area (Å²) in [5, 5.41) is 0.815. The molecular formula is C11H12FN3O. The monoisotopic (exact) mass is 221 g/mol. The summed E-state index contributed by atoms with van der Waals surface area (Å²) in [6.07, 6.45) is 1.75. The minimum atomic E-state index is -0.461. The van der Waals surface area contributed by atoms with Gasteiger partial charge >= 0.3 is 0 Å². The maximum Gasteiger partial charge on any atom is 0.219 e. The molecule has 5 N–H and O–H groups in total. The molecule has 0 fully saturated rings. The molecule has 0 saturated heterocycles. The average molecular weight is 221 g/mol. The van der Waals surface area contributed by atoms with E-state index >= 15 is 0 Å². The third-order valence-corrected chi connectivity index (χ3v) is 2.50. The first-order chi connectivity index (χ1) is 7.58. The van der Waals surface area contributed by atoms with Crippen molar-refractivity contribution in [2.75, 3.05) is 0 Å². The van der Waals surface area contributed by atoms with Crippen molar-refractivity contribution in [3.8, 4) is 0 Å². The van der Waals surface area contributed by atoms with Gasteiger partial charge < -0.3 is 16.5 Å². The van der Waals surface area contributed by atoms with Gasteiger partial charge in [0.25, 0.3) is 0 Å². The number of nitrogens with one attached hydrogen (secondary N) is 1. The minimum Gasteiger partial charge on any atom is -0.370 e. The lowest BCUT2D eigenvalue weighted by atomic mass is 10.0. The van der Waals surface area contributed by atoms with Crippen LogP contribution in [0.4, 0.5) is 4.39 Å². The summed E-state index contributed by atoms with van der Waals surface area (Å²) in [7, 11) is 0. The predicted octanol–water partition coefficient (Wildman–Crippen LogP) is 1.18. The first kappa shape index (κ1) is 10.6. The van der Waals surface area contributed by atoms with Gasteiger partial charge in [-0.15, -0.1) is 0 Å². The molecule has 0 bridgehead atoms. The number of nitrogens with two attached hydrogens (primary N) is 2. The number of carbonyl (C=O) groups is 1. The Balaban J connectivity index is 2.41. The Bertz CT molecular complexity index is 535. The lowest BCUT2D eigenvalue weighted by Gasteiger charge is -2.07. The van der Waals surface area contributed by atoms with Crippen molar-refractivity contribution in [2.24, 2.45) is 11.5 Å². The highest BCUT2D eigenvalue weighted by Crippen LogP contribution is 2.24. The van der Waals surface area contributed by atoms with Crippen molar-refractivity contribution in [3.05, 3.63) is 35.8 Å². The molecule has 1 amide bonds. The highest BCUT2D eigenvalue weighted by molar-refractivity contribution is 5.84. The van der Waals surface area contributed by atoms with Crippen molar-refractivity contribution in [2.45, 2.75) is 12.5 Å². The van der Waals surface area contributed by atoms with E-state index in [1.807, 2.05) is 0 Å². The fourth-order valence-electron chi connectivity index (χ4n) is 1.75. The second kappa shape index (κ2) is 3.94. The molecule has 1 aromatic carbocycles. The van der Waals surface area contributed by atoms with E-state index in [9.17, 15) is 9.18 Å². The lowest BCUT2D eigenvalue weighted by molar-refractivity contribution is -0.118. The molecular weight excluding hydrogens is 209 g/mol. The number of H-pyrrole nitrogens is 1. The normalized spacial score (nSPS) is 12.9. The van der Waals surface area contributed by atoms with Crippen LogP contribution in [0.5, 0.6) is 0 Å². The molecule has 1 unspecified atom stereocenters. The molecule has 4 nitrogen and oxygen atoms in total. The van der Waals surface area contributed by atoms with Crippen molar-refractivity contribution in [1.82, 2.24) is 4.98 Å². The van der Waals surface area contributed by atoms with Crippen molar-refractivity contribution in [3.63, 3.8) is 0 Å². The third kappa shape index (κ3) is 1.90. The summed E-state index contributed by atoms with van der Waals surface area (Å²) in [6, 6.07) is 3.92. The van der Waals surface area contributed by atoms with E-state index in [1.165, 1.54) is 12.1 Å². The van der Waals surface area contributed by atoms with Gasteiger partial charge in [-0.05, 0) is 23.8 Å². The van der Waals surface area contributed by atoms with Crippen LogP contribution in [0.25, 0.3) is 10.9 Å². The molecule has 0 spiro atoms. The fourth-order valence-corrected chi connectivity index (χ4v) is 1.75. The highest BCUT2D eigenvalue weighted by atomic mass is 19.1. The summed E-state index contributed by atoms with van der Waals surface area (Å²) in [5.74, 6) is -0.770. The molecule has 2 aromatic rings. The zero-order valence-corrected chi connectivity index (χ0v) is 8.53. The molecule has 0 saturated carbocycles. The van der Waals surface area contributed by atoms with Crippen LogP contribution in [0.2, 0.25) is 0 Å². The number of rotatable bonds is 3. The molecule has 0 aliphatic carbocycles. The van der Waals surface area contributed by atoms with E-state index in [-0.39, 0.29) is 12.2 Å². The van der Waals surface area contributed by atoms with Crippen LogP contribution in [-0.4, -0.2) is 10.9 Å². The Kier molecular flexibility index (Phi) is 2.62. The Hall–Kier alpha value is -1.88. The van der Waals surface area contributed by atoms with Gasteiger partial charge in [-0.1, -0.05) is 0 Å². The maximum atomic E-state index is 12.9. The smallest absolute Gasteiger partial charge is 0.219 e. The number of hydrogen-bond acceptors (Lipinski definition) is 2. The van der Waals surface area contributed by atoms with E-state index in [4.69, 9.17) is 11.5 Å². The maximum absolute atomic E-state index is 12.9. The zero-order valence-electron chi connectivity index (χ0n) is 8.53. The van der Waals surface area contributed by atoms with Gasteiger partial charge in [0, 0.05) is 29.6 Å². The van der Waals surface area contributed by atoms with E-state index in [1.54, 1.807) is 12.3 Å². The van der Waals surface area contributed by atoms with Crippen molar-refractivity contribution in [1.29, 1.82) is 0 Å². The van der Waals surface area contributed by atoms with Crippen LogP contribution in [0.15, 0.2) is 24.4 Å². The Labute approximate surface area is 91.4 Å². The van der Waals surface area contributed by atoms with E-state index in [2.05, 4.69) is 4.98 Å². The number of fused-ring (bicyclic) bond motifs is 1. The summed E-state index contributed by atoms with van der Waals surface area (Å²) >= 11 is 0. The molecule has 1 heterocycles. The zero-order chi connectivity index (χ0) is 11.7. The summed E-state index contributed by atoms with van der Waals surface area (Å²) in [4.78, 5) is 13.7. The standard InChI is InChI=1S/C11H12FN3O/c12-6-1-2-7-8(5-15-10(7)3-6)9(13)4-11(14)16/h1-3,5,9,15H,4,13H2,(H2,14,16). The first-order valence-electron chi connectivity index (χ1n) is 4.88. The number of primary amides is 1. The van der Waals surface area contributed by atoms with Crippen LogP contribution in [0.3, 0.4) is 0 Å². The molecule has 0 aliphatic rings. The quantitative estimate of drug-likeness (QED) is 0.727. The largest absolute Gasteiger partial charge is 0.370 e. The number of benzene rings is 1. The van der Waals surface area contributed by atoms with Crippen molar-refractivity contribution >= 4 is 16.8 Å². The SMILES string of the molecule is NC(=O)CC(N)c1c[nH]c2cc(F)ccc12. The van der Waals surface area contributed by atoms with Crippen molar-refractivity contribution < 1.29 is 9.18 Å². The van der Waals surface area contributed by atoms with Crippen LogP contribution in [0.1, 0.15) is 18.0 Å². The molecule has 5 heteroatoms. The first-order valence-corrected chi connectivity index (χ1v) is 4.88. The van der Waals surface area contributed by atoms with E-state index in [0.29, 0.717) is 5.52 Å². The number of aromatic nitrogens is 1. The predicted molar refractivity (Wildman–Crippen MR) is 59.0 cm³/mol. The molecule has 16 heavy (non-hydrogen) atoms. The van der Waals surface area contributed by atoms with Gasteiger partial charge in [-0.25, -0.2) is 4.39 Å². The van der Waals surface area contributed by atoms with Crippen LogP contribution in [0, 0.1) is 5.82 Å². The van der Waals surface area contributed by atoms with E-state index in [0.717, 1.165) is 10.9 Å². The number of hydrogen-bond donors (Lipinski definition) is 3. The summed E-state index contributed by atoms with van der Waals surface area (Å²) < 4.78 is 12.9. The van der Waals surface area contributed by atoms with Gasteiger partial charge in [0.15, 0.2) is 0 Å². The van der Waals surface area contributed by atoms with Gasteiger partial charge in [-0.2, -0.15) is 0 Å². The number of aromatic amines is 1. The van der Waals surface area contributed by atoms with Crippen LogP contribution < -0.4 is 11.5 Å². The third-order valence-electron chi connectivity index (χ3n) is 2.50. The topological polar surface area (TPSA) is 84.9 Å². The Morgan fingerprint density at radius 1 is 1.50 bits per heavy atom. The molecule has 1 aromatic heterocycles. The second-order valence-electron chi connectivity index (χ2n) is 3.71. The van der Waals surface area contributed by atoms with E-state index < -0.39 is 11.9 Å². The van der Waals surface area contributed by atoms with Gasteiger partial charge in [-0.3, -0.25) is 4.79 Å². The van der Waals surface area contributed by atoms with Gasteiger partial charge in [0.05, 0.1) is 0 Å². The second-order valence-corrected chi connectivity index (χ2v) is 3.71. The lowest BCUT2D eigenvalue weighted by Crippen LogP contribution is -2.20. The highest BCUT2D eigenvalue weighted by Gasteiger charge is 2.14. The Morgan fingerprint density at radius 2 is 2.25 bits per heavy atom. The molecule has 1 atom stereocenters. The van der Waals surface area contributed by atoms with Gasteiger partial charge in [0.1, 0.15) is 5.82 Å². The summed E-state index contributed by atoms with van der Waals surface area (Å²) in [5.41, 5.74) is 12.3.